The van der Waals surface area contributed by atoms with Crippen LogP contribution in [0, 0.1) is 13.8 Å². The Bertz CT molecular complexity index is 1140. The maximum Gasteiger partial charge on any atom is 0.133 e. The molecule has 0 fully saturated rings. The number of anilines is 1. The monoisotopic (exact) mass is 339 g/mol. The molecule has 3 nitrogen and oxygen atoms in total. The summed E-state index contributed by atoms with van der Waals surface area (Å²) in [5, 5.41) is 11.1. The lowest BCUT2D eigenvalue weighted by Gasteiger charge is -2.09. The maximum atomic E-state index is 5.00. The quantitative estimate of drug-likeness (QED) is 0.539. The Morgan fingerprint density at radius 3 is 2.58 bits per heavy atom. The van der Waals surface area contributed by atoms with Crippen molar-refractivity contribution < 1.29 is 0 Å². The van der Waals surface area contributed by atoms with E-state index < -0.39 is 0 Å². The lowest BCUT2D eigenvalue weighted by Crippen LogP contribution is -2.04. The van der Waals surface area contributed by atoms with Gasteiger partial charge in [-0.15, -0.1) is 0 Å². The standard InChI is InChI=1S/C23H21N3/c1-15-7-10-20(13-16(15)2)26-23-21(11-12-24-23)22(25-26)19-9-8-17-5-3-4-6-18(17)14-19/h3-10,13-14,24H,11-12H2,1-2H3. The van der Waals surface area contributed by atoms with Gasteiger partial charge in [-0.05, 0) is 60.4 Å². The third-order valence-electron chi connectivity index (χ3n) is 5.41. The van der Waals surface area contributed by atoms with Gasteiger partial charge >= 0.3 is 0 Å². The number of hydrogen-bond donors (Lipinski definition) is 1. The molecule has 1 N–H and O–H groups in total. The van der Waals surface area contributed by atoms with Crippen molar-refractivity contribution in [3.63, 3.8) is 0 Å². The highest BCUT2D eigenvalue weighted by Gasteiger charge is 2.24. The average Bonchev–Trinajstić information content (AvgIpc) is 3.26. The summed E-state index contributed by atoms with van der Waals surface area (Å²) in [5.74, 6) is 1.14. The van der Waals surface area contributed by atoms with Gasteiger partial charge in [0.05, 0.1) is 11.4 Å². The van der Waals surface area contributed by atoms with E-state index in [9.17, 15) is 0 Å². The molecule has 2 heterocycles. The summed E-state index contributed by atoms with van der Waals surface area (Å²) in [5.41, 5.74) is 7.31. The molecule has 0 radical (unpaired) electrons. The summed E-state index contributed by atoms with van der Waals surface area (Å²) < 4.78 is 2.07. The molecule has 5 rings (SSSR count). The van der Waals surface area contributed by atoms with E-state index in [0.29, 0.717) is 0 Å². The van der Waals surface area contributed by atoms with Gasteiger partial charge in [-0.2, -0.15) is 5.10 Å². The first-order valence-electron chi connectivity index (χ1n) is 9.13. The first-order valence-corrected chi connectivity index (χ1v) is 9.13. The van der Waals surface area contributed by atoms with Crippen LogP contribution in [0.5, 0.6) is 0 Å². The van der Waals surface area contributed by atoms with E-state index >= 15 is 0 Å². The molecule has 4 aromatic rings. The molecular formula is C23H21N3. The number of benzene rings is 3. The van der Waals surface area contributed by atoms with E-state index in [1.807, 2.05) is 0 Å². The number of fused-ring (bicyclic) bond motifs is 2. The van der Waals surface area contributed by atoms with Gasteiger partial charge < -0.3 is 5.32 Å². The first kappa shape index (κ1) is 15.2. The Kier molecular flexibility index (Phi) is 3.35. The Hall–Kier alpha value is -3.07. The van der Waals surface area contributed by atoms with E-state index in [0.717, 1.165) is 30.2 Å². The summed E-state index contributed by atoms with van der Waals surface area (Å²) in [6, 6.07) is 21.7. The van der Waals surface area contributed by atoms with Crippen molar-refractivity contribution in [2.24, 2.45) is 0 Å². The van der Waals surface area contributed by atoms with Gasteiger partial charge in [0.15, 0.2) is 0 Å². The smallest absolute Gasteiger partial charge is 0.133 e. The molecule has 0 aliphatic carbocycles. The van der Waals surface area contributed by atoms with Crippen LogP contribution >= 0.6 is 0 Å². The van der Waals surface area contributed by atoms with Gasteiger partial charge in [0.1, 0.15) is 5.82 Å². The summed E-state index contributed by atoms with van der Waals surface area (Å²) in [6.07, 6.45) is 1.02. The fourth-order valence-corrected chi connectivity index (χ4v) is 3.79. The van der Waals surface area contributed by atoms with Crippen molar-refractivity contribution >= 4 is 16.6 Å². The van der Waals surface area contributed by atoms with E-state index in [1.54, 1.807) is 0 Å². The third-order valence-corrected chi connectivity index (χ3v) is 5.41. The van der Waals surface area contributed by atoms with Crippen LogP contribution in [0.15, 0.2) is 60.7 Å². The largest absolute Gasteiger partial charge is 0.369 e. The van der Waals surface area contributed by atoms with Crippen molar-refractivity contribution in [3.8, 4) is 16.9 Å². The van der Waals surface area contributed by atoms with Crippen molar-refractivity contribution in [1.29, 1.82) is 0 Å². The number of rotatable bonds is 2. The minimum atomic E-state index is 0.971. The normalized spacial score (nSPS) is 13.0. The minimum Gasteiger partial charge on any atom is -0.369 e. The van der Waals surface area contributed by atoms with E-state index in [-0.39, 0.29) is 0 Å². The van der Waals surface area contributed by atoms with Crippen molar-refractivity contribution in [3.05, 3.63) is 77.4 Å². The Morgan fingerprint density at radius 2 is 1.73 bits per heavy atom. The molecular weight excluding hydrogens is 318 g/mol. The van der Waals surface area contributed by atoms with Crippen molar-refractivity contribution in [2.75, 3.05) is 11.9 Å². The zero-order valence-electron chi connectivity index (χ0n) is 15.1. The number of nitrogens with one attached hydrogen (secondary N) is 1. The summed E-state index contributed by atoms with van der Waals surface area (Å²) in [4.78, 5) is 0. The molecule has 0 bridgehead atoms. The van der Waals surface area contributed by atoms with Crippen LogP contribution in [0.2, 0.25) is 0 Å². The molecule has 0 spiro atoms. The second-order valence-corrected chi connectivity index (χ2v) is 7.09. The number of aromatic nitrogens is 2. The van der Waals surface area contributed by atoms with Gasteiger partial charge in [-0.1, -0.05) is 42.5 Å². The van der Waals surface area contributed by atoms with Crippen LogP contribution < -0.4 is 5.32 Å². The lowest BCUT2D eigenvalue weighted by atomic mass is 10.0. The fourth-order valence-electron chi connectivity index (χ4n) is 3.79. The zero-order chi connectivity index (χ0) is 17.7. The molecule has 0 saturated carbocycles. The van der Waals surface area contributed by atoms with Crippen LogP contribution in [-0.2, 0) is 6.42 Å². The van der Waals surface area contributed by atoms with Gasteiger partial charge in [0, 0.05) is 17.7 Å². The molecule has 0 amide bonds. The van der Waals surface area contributed by atoms with E-state index in [2.05, 4.69) is 84.5 Å². The Morgan fingerprint density at radius 1 is 0.885 bits per heavy atom. The predicted octanol–water partition coefficient (Wildman–Crippen LogP) is 5.28. The maximum absolute atomic E-state index is 5.00. The second-order valence-electron chi connectivity index (χ2n) is 7.09. The number of aryl methyl sites for hydroxylation is 2. The lowest BCUT2D eigenvalue weighted by molar-refractivity contribution is 0.880. The average molecular weight is 339 g/mol. The molecule has 1 aliphatic rings. The molecule has 26 heavy (non-hydrogen) atoms. The van der Waals surface area contributed by atoms with Crippen LogP contribution in [0.4, 0.5) is 5.82 Å². The first-order chi connectivity index (χ1) is 12.7. The number of hydrogen-bond acceptors (Lipinski definition) is 2. The number of nitrogens with zero attached hydrogens (tertiary/aromatic N) is 2. The predicted molar refractivity (Wildman–Crippen MR) is 108 cm³/mol. The molecule has 3 heteroatoms. The molecule has 3 aromatic carbocycles. The topological polar surface area (TPSA) is 29.9 Å². The van der Waals surface area contributed by atoms with Gasteiger partial charge in [0.25, 0.3) is 0 Å². The summed E-state index contributed by atoms with van der Waals surface area (Å²) in [7, 11) is 0. The SMILES string of the molecule is Cc1ccc(-n2nc(-c3ccc4ccccc4c3)c3c2NCC3)cc1C. The fraction of sp³-hybridized carbons (Fsp3) is 0.174. The summed E-state index contributed by atoms with van der Waals surface area (Å²) >= 11 is 0. The zero-order valence-corrected chi connectivity index (χ0v) is 15.1. The Balaban J connectivity index is 1.69. The highest BCUT2D eigenvalue weighted by molar-refractivity contribution is 5.88. The molecule has 0 saturated heterocycles. The van der Waals surface area contributed by atoms with Gasteiger partial charge in [0.2, 0.25) is 0 Å². The summed E-state index contributed by atoms with van der Waals surface area (Å²) in [6.45, 7) is 5.27. The highest BCUT2D eigenvalue weighted by Crippen LogP contribution is 2.35. The Labute approximate surface area is 153 Å². The van der Waals surface area contributed by atoms with Crippen LogP contribution in [-0.4, -0.2) is 16.3 Å². The van der Waals surface area contributed by atoms with Crippen LogP contribution in [0.3, 0.4) is 0 Å². The van der Waals surface area contributed by atoms with E-state index in [1.165, 1.54) is 33.0 Å². The second kappa shape index (κ2) is 5.73. The minimum absolute atomic E-state index is 0.971. The van der Waals surface area contributed by atoms with Crippen LogP contribution in [0.1, 0.15) is 16.7 Å². The highest BCUT2D eigenvalue weighted by atomic mass is 15.3. The van der Waals surface area contributed by atoms with Crippen molar-refractivity contribution in [2.45, 2.75) is 20.3 Å². The van der Waals surface area contributed by atoms with Gasteiger partial charge in [-0.25, -0.2) is 4.68 Å². The molecule has 0 atom stereocenters. The van der Waals surface area contributed by atoms with Crippen LogP contribution in [0.25, 0.3) is 27.7 Å². The molecule has 1 aliphatic heterocycles. The molecule has 128 valence electrons. The third kappa shape index (κ3) is 2.31. The molecule has 0 unspecified atom stereocenters. The van der Waals surface area contributed by atoms with E-state index in [4.69, 9.17) is 5.10 Å². The van der Waals surface area contributed by atoms with Gasteiger partial charge in [-0.3, -0.25) is 0 Å². The molecule has 1 aromatic heterocycles. The van der Waals surface area contributed by atoms with Crippen molar-refractivity contribution in [1.82, 2.24) is 9.78 Å².